The van der Waals surface area contributed by atoms with E-state index < -0.39 is 26.5 Å². The zero-order valence-electron chi connectivity index (χ0n) is 17.6. The van der Waals surface area contributed by atoms with Crippen molar-refractivity contribution in [1.82, 2.24) is 10.6 Å². The zero-order valence-corrected chi connectivity index (χ0v) is 19.9. The predicted octanol–water partition coefficient (Wildman–Crippen LogP) is 2.56. The van der Waals surface area contributed by atoms with Crippen molar-refractivity contribution in [3.8, 4) is 5.75 Å². The number of ether oxygens (including phenoxy) is 1. The molecule has 3 rings (SSSR count). The summed E-state index contributed by atoms with van der Waals surface area (Å²) in [5.74, 6) is -0.268. The molecule has 2 unspecified atom stereocenters. The van der Waals surface area contributed by atoms with Crippen LogP contribution in [0.2, 0.25) is 5.02 Å². The van der Waals surface area contributed by atoms with Gasteiger partial charge in [-0.15, -0.1) is 11.8 Å². The van der Waals surface area contributed by atoms with Crippen molar-refractivity contribution < 1.29 is 22.7 Å². The van der Waals surface area contributed by atoms with Crippen LogP contribution in [0.5, 0.6) is 5.75 Å². The highest BCUT2D eigenvalue weighted by molar-refractivity contribution is 8.00. The molecule has 2 atom stereocenters. The minimum absolute atomic E-state index is 0.0464. The second kappa shape index (κ2) is 10.6. The lowest BCUT2D eigenvalue weighted by atomic mass is 10.2. The summed E-state index contributed by atoms with van der Waals surface area (Å²) in [6.07, 6.45) is 0. The fourth-order valence-corrected chi connectivity index (χ4v) is 5.51. The molecule has 2 amide bonds. The van der Waals surface area contributed by atoms with Crippen molar-refractivity contribution in [3.63, 3.8) is 0 Å². The summed E-state index contributed by atoms with van der Waals surface area (Å²) in [5, 5.41) is 7.61. The first-order chi connectivity index (χ1) is 15.2. The molecule has 1 heterocycles. The topological polar surface area (TPSA) is 114 Å². The van der Waals surface area contributed by atoms with Crippen LogP contribution in [0.3, 0.4) is 0 Å². The first-order valence-electron chi connectivity index (χ1n) is 9.89. The number of sulfone groups is 1. The summed E-state index contributed by atoms with van der Waals surface area (Å²) >= 11 is 7.21. The van der Waals surface area contributed by atoms with Gasteiger partial charge in [0.1, 0.15) is 11.2 Å². The molecule has 0 aromatic heterocycles. The Morgan fingerprint density at radius 3 is 2.59 bits per heavy atom. The van der Waals surface area contributed by atoms with E-state index in [2.05, 4.69) is 16.0 Å². The average molecular weight is 498 g/mol. The minimum Gasteiger partial charge on any atom is -0.494 e. The number of benzene rings is 2. The Kier molecular flexibility index (Phi) is 8.05. The highest BCUT2D eigenvalue weighted by atomic mass is 35.5. The van der Waals surface area contributed by atoms with E-state index in [1.807, 2.05) is 13.8 Å². The Bertz CT molecular complexity index is 1090. The number of anilines is 1. The van der Waals surface area contributed by atoms with Crippen LogP contribution in [0.4, 0.5) is 5.69 Å². The number of nitrogens with one attached hydrogen (secondary N) is 3. The summed E-state index contributed by atoms with van der Waals surface area (Å²) in [4.78, 5) is 24.8. The molecule has 0 aliphatic carbocycles. The predicted molar refractivity (Wildman–Crippen MR) is 126 cm³/mol. The van der Waals surface area contributed by atoms with Crippen LogP contribution in [0.1, 0.15) is 12.5 Å². The third-order valence-electron chi connectivity index (χ3n) is 4.73. The van der Waals surface area contributed by atoms with Crippen LogP contribution < -0.4 is 20.7 Å². The number of hydrogen-bond donors (Lipinski definition) is 3. The van der Waals surface area contributed by atoms with Gasteiger partial charge in [0.25, 0.3) is 0 Å². The van der Waals surface area contributed by atoms with Crippen LogP contribution in [0.15, 0.2) is 47.4 Å². The van der Waals surface area contributed by atoms with Gasteiger partial charge in [-0.05, 0) is 55.8 Å². The van der Waals surface area contributed by atoms with Crippen LogP contribution in [0, 0.1) is 6.92 Å². The van der Waals surface area contributed by atoms with Gasteiger partial charge in [-0.1, -0.05) is 17.7 Å². The van der Waals surface area contributed by atoms with Crippen molar-refractivity contribution in [3.05, 3.63) is 53.1 Å². The Balaban J connectivity index is 1.53. The molecule has 1 aliphatic heterocycles. The van der Waals surface area contributed by atoms with E-state index in [1.165, 1.54) is 12.1 Å². The molecule has 1 saturated heterocycles. The number of hydrogen-bond acceptors (Lipinski definition) is 7. The summed E-state index contributed by atoms with van der Waals surface area (Å²) in [7, 11) is -3.88. The first-order valence-corrected chi connectivity index (χ1v) is 12.9. The van der Waals surface area contributed by atoms with Gasteiger partial charge < -0.3 is 15.4 Å². The molecule has 2 aromatic carbocycles. The van der Waals surface area contributed by atoms with E-state index >= 15 is 0 Å². The van der Waals surface area contributed by atoms with Crippen LogP contribution >= 0.6 is 23.4 Å². The number of halogens is 1. The molecule has 11 heteroatoms. The molecule has 172 valence electrons. The number of aryl methyl sites for hydroxylation is 1. The standard InChI is InChI=1S/C21H24ClN3O5S2/c1-3-30-15-6-8-16(9-7-15)32(28,29)18-11-23-21(25-20(18)27)31-12-19(26)24-14-5-4-13(2)17(22)10-14/h4-10,18,21,23H,3,11-12H2,1-2H3,(H,24,26)(H,25,27). The quantitative estimate of drug-likeness (QED) is 0.513. The van der Waals surface area contributed by atoms with Gasteiger partial charge in [-0.3, -0.25) is 14.9 Å². The number of amides is 2. The zero-order chi connectivity index (χ0) is 23.3. The third-order valence-corrected chi connectivity index (χ3v) is 8.24. The molecule has 0 spiro atoms. The van der Waals surface area contributed by atoms with Gasteiger partial charge in [-0.2, -0.15) is 0 Å². The van der Waals surface area contributed by atoms with E-state index in [0.717, 1.165) is 17.3 Å². The van der Waals surface area contributed by atoms with Crippen molar-refractivity contribution >= 4 is 50.7 Å². The lowest BCUT2D eigenvalue weighted by Crippen LogP contribution is -2.59. The number of carbonyl (C=O) groups is 2. The molecular weight excluding hydrogens is 474 g/mol. The van der Waals surface area contributed by atoms with Crippen molar-refractivity contribution in [2.75, 3.05) is 24.2 Å². The van der Waals surface area contributed by atoms with Gasteiger partial charge in [0.05, 0.1) is 17.3 Å². The second-order valence-corrected chi connectivity index (χ2v) is 10.7. The van der Waals surface area contributed by atoms with E-state index in [9.17, 15) is 18.0 Å². The maximum atomic E-state index is 12.9. The molecule has 1 aliphatic rings. The molecule has 1 fully saturated rings. The molecule has 2 aromatic rings. The van der Waals surface area contributed by atoms with Crippen LogP contribution in [-0.2, 0) is 19.4 Å². The smallest absolute Gasteiger partial charge is 0.241 e. The molecule has 0 bridgehead atoms. The minimum atomic E-state index is -3.88. The molecule has 32 heavy (non-hydrogen) atoms. The fraction of sp³-hybridized carbons (Fsp3) is 0.333. The average Bonchev–Trinajstić information content (AvgIpc) is 2.75. The van der Waals surface area contributed by atoms with E-state index in [0.29, 0.717) is 23.1 Å². The van der Waals surface area contributed by atoms with Crippen molar-refractivity contribution in [2.45, 2.75) is 29.5 Å². The number of carbonyl (C=O) groups excluding carboxylic acids is 2. The van der Waals surface area contributed by atoms with Crippen molar-refractivity contribution in [2.24, 2.45) is 0 Å². The largest absolute Gasteiger partial charge is 0.494 e. The molecule has 0 radical (unpaired) electrons. The second-order valence-electron chi connectivity index (χ2n) is 7.06. The Morgan fingerprint density at radius 1 is 1.25 bits per heavy atom. The summed E-state index contributed by atoms with van der Waals surface area (Å²) in [6, 6.07) is 11.2. The normalized spacial score (nSPS) is 18.7. The summed E-state index contributed by atoms with van der Waals surface area (Å²) in [6.45, 7) is 4.11. The first kappa shape index (κ1) is 24.4. The Hall–Kier alpha value is -2.27. The molecular formula is C21H24ClN3O5S2. The monoisotopic (exact) mass is 497 g/mol. The van der Waals surface area contributed by atoms with Gasteiger partial charge >= 0.3 is 0 Å². The Morgan fingerprint density at radius 2 is 1.97 bits per heavy atom. The third kappa shape index (κ3) is 5.94. The molecule has 0 saturated carbocycles. The lowest BCUT2D eigenvalue weighted by molar-refractivity contribution is -0.122. The number of rotatable bonds is 8. The van der Waals surface area contributed by atoms with Crippen LogP contribution in [0.25, 0.3) is 0 Å². The van der Waals surface area contributed by atoms with Crippen molar-refractivity contribution in [1.29, 1.82) is 0 Å². The van der Waals surface area contributed by atoms with E-state index in [4.69, 9.17) is 16.3 Å². The van der Waals surface area contributed by atoms with Gasteiger partial charge in [0, 0.05) is 17.3 Å². The van der Waals surface area contributed by atoms with Crippen LogP contribution in [-0.4, -0.2) is 49.9 Å². The van der Waals surface area contributed by atoms with E-state index in [-0.39, 0.29) is 23.1 Å². The maximum absolute atomic E-state index is 12.9. The summed E-state index contributed by atoms with van der Waals surface area (Å²) < 4.78 is 31.1. The molecule has 3 N–H and O–H groups in total. The highest BCUT2D eigenvalue weighted by Gasteiger charge is 2.38. The fourth-order valence-electron chi connectivity index (χ4n) is 3.01. The highest BCUT2D eigenvalue weighted by Crippen LogP contribution is 2.23. The van der Waals surface area contributed by atoms with Gasteiger partial charge in [0.15, 0.2) is 15.1 Å². The maximum Gasteiger partial charge on any atom is 0.241 e. The SMILES string of the molecule is CCOc1ccc(S(=O)(=O)C2CNC(SCC(=O)Nc3ccc(C)c(Cl)c3)NC2=O)cc1. The summed E-state index contributed by atoms with van der Waals surface area (Å²) in [5.41, 5.74) is 0.901. The van der Waals surface area contributed by atoms with E-state index in [1.54, 1.807) is 30.3 Å². The molecule has 8 nitrogen and oxygen atoms in total. The number of thioether (sulfide) groups is 1. The Labute approximate surface area is 196 Å². The lowest BCUT2D eigenvalue weighted by Gasteiger charge is -2.29. The van der Waals surface area contributed by atoms with Gasteiger partial charge in [0.2, 0.25) is 11.8 Å². The van der Waals surface area contributed by atoms with Gasteiger partial charge in [-0.25, -0.2) is 8.42 Å².